The van der Waals surface area contributed by atoms with Crippen molar-refractivity contribution in [3.63, 3.8) is 0 Å². The fraction of sp³-hybridized carbons (Fsp3) is 0.611. The number of amides is 1. The summed E-state index contributed by atoms with van der Waals surface area (Å²) >= 11 is 0. The van der Waals surface area contributed by atoms with E-state index >= 15 is 0 Å². The number of fused-ring (bicyclic) bond motifs is 1. The van der Waals surface area contributed by atoms with E-state index in [-0.39, 0.29) is 17.3 Å². The van der Waals surface area contributed by atoms with Crippen LogP contribution in [0.25, 0.3) is 0 Å². The molecule has 25 heavy (non-hydrogen) atoms. The summed E-state index contributed by atoms with van der Waals surface area (Å²) in [5.74, 6) is 0.135. The van der Waals surface area contributed by atoms with E-state index in [1.807, 2.05) is 11.0 Å². The first-order chi connectivity index (χ1) is 11.8. The lowest BCUT2D eigenvalue weighted by Crippen LogP contribution is -2.36. The minimum atomic E-state index is -3.61. The van der Waals surface area contributed by atoms with Crippen LogP contribution < -0.4 is 4.72 Å². The normalized spacial score (nSPS) is 15.7. The van der Waals surface area contributed by atoms with Gasteiger partial charge in [0, 0.05) is 26.1 Å². The van der Waals surface area contributed by atoms with E-state index in [1.165, 1.54) is 0 Å². The van der Waals surface area contributed by atoms with E-state index in [0.717, 1.165) is 30.4 Å². The molecule has 1 aliphatic rings. The summed E-state index contributed by atoms with van der Waals surface area (Å²) in [7, 11) is -3.61. The van der Waals surface area contributed by atoms with Gasteiger partial charge in [-0.05, 0) is 49.4 Å². The molecule has 0 aliphatic carbocycles. The Balaban J connectivity index is 2.09. The number of carbonyl (C=O) groups is 1. The van der Waals surface area contributed by atoms with Gasteiger partial charge in [-0.3, -0.25) is 4.79 Å². The number of benzene rings is 1. The SMILES string of the molecule is CCCCC(=O)N1CCc2ccc(S(=O)(=O)NCC[C@H](C)O)cc2C1. The third kappa shape index (κ3) is 5.52. The molecule has 0 unspecified atom stereocenters. The number of nitrogens with zero attached hydrogens (tertiary/aromatic N) is 1. The zero-order valence-corrected chi connectivity index (χ0v) is 15.8. The Bertz CT molecular complexity index is 701. The average molecular weight is 368 g/mol. The Morgan fingerprint density at radius 1 is 1.36 bits per heavy atom. The molecule has 6 nitrogen and oxygen atoms in total. The van der Waals surface area contributed by atoms with Crippen molar-refractivity contribution in [3.8, 4) is 0 Å². The number of hydrogen-bond acceptors (Lipinski definition) is 4. The summed E-state index contributed by atoms with van der Waals surface area (Å²) in [5, 5.41) is 9.25. The smallest absolute Gasteiger partial charge is 0.240 e. The standard InChI is InChI=1S/C18H28N2O4S/c1-3-4-5-18(22)20-11-9-15-6-7-17(12-16(15)13-20)25(23,24)19-10-8-14(2)21/h6-7,12,14,19,21H,3-5,8-11,13H2,1-2H3/t14-/m0/s1. The summed E-state index contributed by atoms with van der Waals surface area (Å²) in [6, 6.07) is 5.11. The topological polar surface area (TPSA) is 86.7 Å². The van der Waals surface area contributed by atoms with E-state index in [1.54, 1.807) is 19.1 Å². The summed E-state index contributed by atoms with van der Waals surface area (Å²) in [6.07, 6.45) is 2.98. The van der Waals surface area contributed by atoms with Crippen LogP contribution in [0.3, 0.4) is 0 Å². The Labute approximate surface area is 150 Å². The van der Waals surface area contributed by atoms with Gasteiger partial charge in [0.25, 0.3) is 0 Å². The van der Waals surface area contributed by atoms with Crippen LogP contribution in [0.4, 0.5) is 0 Å². The number of nitrogens with one attached hydrogen (secondary N) is 1. The van der Waals surface area contributed by atoms with Crippen molar-refractivity contribution >= 4 is 15.9 Å². The van der Waals surface area contributed by atoms with Gasteiger partial charge in [0.15, 0.2) is 0 Å². The molecule has 7 heteroatoms. The zero-order valence-electron chi connectivity index (χ0n) is 15.0. The van der Waals surface area contributed by atoms with Crippen molar-refractivity contribution < 1.29 is 18.3 Å². The highest BCUT2D eigenvalue weighted by molar-refractivity contribution is 7.89. The quantitative estimate of drug-likeness (QED) is 0.733. The van der Waals surface area contributed by atoms with Crippen LogP contribution in [0.1, 0.15) is 50.7 Å². The Morgan fingerprint density at radius 2 is 2.12 bits per heavy atom. The molecule has 1 amide bonds. The maximum absolute atomic E-state index is 12.4. The van der Waals surface area contributed by atoms with Crippen molar-refractivity contribution in [1.82, 2.24) is 9.62 Å². The predicted molar refractivity (Wildman–Crippen MR) is 96.6 cm³/mol. The van der Waals surface area contributed by atoms with Gasteiger partial charge in [-0.1, -0.05) is 19.4 Å². The number of aliphatic hydroxyl groups excluding tert-OH is 1. The molecule has 1 atom stereocenters. The van der Waals surface area contributed by atoms with Crippen LogP contribution in [0, 0.1) is 0 Å². The van der Waals surface area contributed by atoms with Crippen LogP contribution in [-0.2, 0) is 27.8 Å². The van der Waals surface area contributed by atoms with Crippen molar-refractivity contribution in [2.75, 3.05) is 13.1 Å². The average Bonchev–Trinajstić information content (AvgIpc) is 2.58. The molecule has 140 valence electrons. The molecule has 1 aromatic carbocycles. The second-order valence-corrected chi connectivity index (χ2v) is 8.40. The van der Waals surface area contributed by atoms with E-state index in [9.17, 15) is 18.3 Å². The number of carbonyl (C=O) groups excluding carboxylic acids is 1. The summed E-state index contributed by atoms with van der Waals surface area (Å²) in [4.78, 5) is 14.2. The molecular weight excluding hydrogens is 340 g/mol. The summed E-state index contributed by atoms with van der Waals surface area (Å²) in [6.45, 7) is 5.03. The van der Waals surface area contributed by atoms with E-state index < -0.39 is 16.1 Å². The number of unbranched alkanes of at least 4 members (excludes halogenated alkanes) is 1. The van der Waals surface area contributed by atoms with Crippen LogP contribution in [0.15, 0.2) is 23.1 Å². The first-order valence-corrected chi connectivity index (χ1v) is 10.4. The lowest BCUT2D eigenvalue weighted by Gasteiger charge is -2.29. The number of rotatable bonds is 8. The van der Waals surface area contributed by atoms with Gasteiger partial charge in [-0.15, -0.1) is 0 Å². The first kappa shape index (κ1) is 19.9. The fourth-order valence-electron chi connectivity index (χ4n) is 2.89. The van der Waals surface area contributed by atoms with Gasteiger partial charge >= 0.3 is 0 Å². The van der Waals surface area contributed by atoms with Crippen molar-refractivity contribution in [3.05, 3.63) is 29.3 Å². The molecule has 0 fully saturated rings. The van der Waals surface area contributed by atoms with Crippen LogP contribution >= 0.6 is 0 Å². The highest BCUT2D eigenvalue weighted by atomic mass is 32.2. The molecule has 0 aromatic heterocycles. The largest absolute Gasteiger partial charge is 0.393 e. The van der Waals surface area contributed by atoms with Gasteiger partial charge < -0.3 is 10.0 Å². The Hall–Kier alpha value is -1.44. The molecule has 1 heterocycles. The molecular formula is C18H28N2O4S. The summed E-state index contributed by atoms with van der Waals surface area (Å²) in [5.41, 5.74) is 2.00. The second kappa shape index (κ2) is 8.78. The molecule has 0 spiro atoms. The molecule has 2 N–H and O–H groups in total. The summed E-state index contributed by atoms with van der Waals surface area (Å²) < 4.78 is 27.3. The van der Waals surface area contributed by atoms with Crippen LogP contribution in [-0.4, -0.2) is 43.5 Å². The van der Waals surface area contributed by atoms with Gasteiger partial charge in [0.2, 0.25) is 15.9 Å². The minimum Gasteiger partial charge on any atom is -0.393 e. The van der Waals surface area contributed by atoms with Gasteiger partial charge in [0.1, 0.15) is 0 Å². The molecule has 0 saturated carbocycles. The predicted octanol–water partition coefficient (Wildman–Crippen LogP) is 1.81. The van der Waals surface area contributed by atoms with Gasteiger partial charge in [-0.2, -0.15) is 0 Å². The number of aliphatic hydroxyl groups is 1. The lowest BCUT2D eigenvalue weighted by atomic mass is 9.99. The molecule has 1 aliphatic heterocycles. The molecule has 2 rings (SSSR count). The third-order valence-electron chi connectivity index (χ3n) is 4.45. The van der Waals surface area contributed by atoms with Gasteiger partial charge in [-0.25, -0.2) is 13.1 Å². The van der Waals surface area contributed by atoms with Crippen molar-refractivity contribution in [2.24, 2.45) is 0 Å². The maximum atomic E-state index is 12.4. The monoisotopic (exact) mass is 368 g/mol. The number of hydrogen-bond donors (Lipinski definition) is 2. The highest BCUT2D eigenvalue weighted by Crippen LogP contribution is 2.23. The van der Waals surface area contributed by atoms with Crippen LogP contribution in [0.5, 0.6) is 0 Å². The van der Waals surface area contributed by atoms with E-state index in [0.29, 0.717) is 25.9 Å². The van der Waals surface area contributed by atoms with Crippen LogP contribution in [0.2, 0.25) is 0 Å². The first-order valence-electron chi connectivity index (χ1n) is 8.90. The fourth-order valence-corrected chi connectivity index (χ4v) is 3.98. The van der Waals surface area contributed by atoms with Crippen molar-refractivity contribution in [2.45, 2.75) is 63.5 Å². The van der Waals surface area contributed by atoms with E-state index in [4.69, 9.17) is 0 Å². The maximum Gasteiger partial charge on any atom is 0.240 e. The number of sulfonamides is 1. The van der Waals surface area contributed by atoms with Gasteiger partial charge in [0.05, 0.1) is 11.0 Å². The lowest BCUT2D eigenvalue weighted by molar-refractivity contribution is -0.132. The molecule has 1 aromatic rings. The minimum absolute atomic E-state index is 0.135. The Kier molecular flexibility index (Phi) is 6.98. The Morgan fingerprint density at radius 3 is 2.80 bits per heavy atom. The molecule has 0 bridgehead atoms. The van der Waals surface area contributed by atoms with Crippen molar-refractivity contribution in [1.29, 1.82) is 0 Å². The highest BCUT2D eigenvalue weighted by Gasteiger charge is 2.22. The van der Waals surface area contributed by atoms with E-state index in [2.05, 4.69) is 11.6 Å². The molecule has 0 radical (unpaired) electrons. The molecule has 0 saturated heterocycles. The third-order valence-corrected chi connectivity index (χ3v) is 5.91. The second-order valence-electron chi connectivity index (χ2n) is 6.63. The zero-order chi connectivity index (χ0) is 18.4.